The molecule has 3 aromatic carbocycles. The zero-order chi connectivity index (χ0) is 20.1. The summed E-state index contributed by atoms with van der Waals surface area (Å²) >= 11 is 3.37. The first-order valence-electron chi connectivity index (χ1n) is 9.30. The highest BCUT2D eigenvalue weighted by Gasteiger charge is 2.36. The Morgan fingerprint density at radius 3 is 1.97 bits per heavy atom. The zero-order valence-corrected chi connectivity index (χ0v) is 18.2. The molecule has 0 aliphatic carbocycles. The first-order chi connectivity index (χ1) is 14.1. The molecule has 4 rings (SSSR count). The summed E-state index contributed by atoms with van der Waals surface area (Å²) in [7, 11) is -3.51. The molecule has 148 valence electrons. The van der Waals surface area contributed by atoms with Gasteiger partial charge in [-0.05, 0) is 47.4 Å². The number of sulfonamides is 1. The van der Waals surface area contributed by atoms with Crippen molar-refractivity contribution in [1.82, 2.24) is 4.31 Å². The molecular weight excluding hydrogens is 418 g/mol. The summed E-state index contributed by atoms with van der Waals surface area (Å²) in [4.78, 5) is 2.64. The predicted octanol–water partition coefficient (Wildman–Crippen LogP) is 5.53. The van der Waals surface area contributed by atoms with Crippen molar-refractivity contribution >= 4 is 33.5 Å². The Labute approximate surface area is 180 Å². The maximum atomic E-state index is 13.1. The largest absolute Gasteiger partial charge is 0.243 e. The lowest BCUT2D eigenvalue weighted by atomic mass is 10.3. The van der Waals surface area contributed by atoms with Crippen LogP contribution >= 0.6 is 23.5 Å². The summed E-state index contributed by atoms with van der Waals surface area (Å²) in [5, 5.41) is 2.21. The van der Waals surface area contributed by atoms with Crippen LogP contribution in [-0.2, 0) is 10.0 Å². The minimum absolute atomic E-state index is 0.0899. The minimum Gasteiger partial charge on any atom is -0.207 e. The summed E-state index contributed by atoms with van der Waals surface area (Å²) < 4.78 is 27.9. The molecule has 1 aliphatic heterocycles. The highest BCUT2D eigenvalue weighted by molar-refractivity contribution is 8.02. The Balaban J connectivity index is 1.60. The molecule has 3 nitrogen and oxygen atoms in total. The van der Waals surface area contributed by atoms with Crippen LogP contribution in [0.3, 0.4) is 0 Å². The SMILES string of the molecule is O=S(=O)(c1ccccc1)N1C/C(=C/Sc2ccccc2)C(Sc2ccccc2)C1. The molecular formula is C23H21NO2S3. The van der Waals surface area contributed by atoms with Gasteiger partial charge in [0.15, 0.2) is 0 Å². The number of hydrogen-bond acceptors (Lipinski definition) is 4. The maximum Gasteiger partial charge on any atom is 0.243 e. The van der Waals surface area contributed by atoms with Crippen molar-refractivity contribution < 1.29 is 8.42 Å². The molecule has 0 N–H and O–H groups in total. The van der Waals surface area contributed by atoms with E-state index < -0.39 is 10.0 Å². The van der Waals surface area contributed by atoms with E-state index in [2.05, 4.69) is 29.7 Å². The molecule has 0 bridgehead atoms. The van der Waals surface area contributed by atoms with Crippen LogP contribution in [0.15, 0.2) is 117 Å². The normalized spacial score (nSPS) is 18.9. The first kappa shape index (κ1) is 20.3. The molecule has 0 radical (unpaired) electrons. The molecule has 3 aromatic rings. The second-order valence-electron chi connectivity index (χ2n) is 6.65. The molecule has 0 saturated carbocycles. The fourth-order valence-corrected chi connectivity index (χ4v) is 6.80. The van der Waals surface area contributed by atoms with Crippen LogP contribution in [0.1, 0.15) is 0 Å². The maximum absolute atomic E-state index is 13.1. The van der Waals surface area contributed by atoms with Crippen molar-refractivity contribution in [3.8, 4) is 0 Å². The average Bonchev–Trinajstić information content (AvgIpc) is 3.18. The number of thioether (sulfide) groups is 2. The van der Waals surface area contributed by atoms with E-state index >= 15 is 0 Å². The lowest BCUT2D eigenvalue weighted by Gasteiger charge is -2.16. The molecule has 0 amide bonds. The van der Waals surface area contributed by atoms with Gasteiger partial charge in [-0.2, -0.15) is 4.31 Å². The van der Waals surface area contributed by atoms with E-state index in [1.807, 2.05) is 42.5 Å². The fraction of sp³-hybridized carbons (Fsp3) is 0.130. The molecule has 1 saturated heterocycles. The molecule has 1 unspecified atom stereocenters. The topological polar surface area (TPSA) is 37.4 Å². The summed E-state index contributed by atoms with van der Waals surface area (Å²) in [5.41, 5.74) is 1.13. The second-order valence-corrected chi connectivity index (χ2v) is 10.8. The van der Waals surface area contributed by atoms with Gasteiger partial charge in [0.2, 0.25) is 10.0 Å². The monoisotopic (exact) mass is 439 g/mol. The smallest absolute Gasteiger partial charge is 0.207 e. The van der Waals surface area contributed by atoms with Crippen LogP contribution < -0.4 is 0 Å². The minimum atomic E-state index is -3.51. The van der Waals surface area contributed by atoms with Crippen molar-refractivity contribution in [2.75, 3.05) is 13.1 Å². The van der Waals surface area contributed by atoms with Crippen LogP contribution in [0, 0.1) is 0 Å². The van der Waals surface area contributed by atoms with Gasteiger partial charge in [0.1, 0.15) is 0 Å². The van der Waals surface area contributed by atoms with Gasteiger partial charge in [-0.25, -0.2) is 8.42 Å². The van der Waals surface area contributed by atoms with Gasteiger partial charge in [0.25, 0.3) is 0 Å². The quantitative estimate of drug-likeness (QED) is 0.474. The van der Waals surface area contributed by atoms with E-state index in [1.54, 1.807) is 52.1 Å². The number of benzene rings is 3. The van der Waals surface area contributed by atoms with Crippen molar-refractivity contribution in [2.45, 2.75) is 19.9 Å². The highest BCUT2D eigenvalue weighted by atomic mass is 32.2. The van der Waals surface area contributed by atoms with E-state index in [4.69, 9.17) is 0 Å². The van der Waals surface area contributed by atoms with Gasteiger partial charge in [-0.1, -0.05) is 66.4 Å². The van der Waals surface area contributed by atoms with Crippen molar-refractivity contribution in [2.24, 2.45) is 0 Å². The molecule has 29 heavy (non-hydrogen) atoms. The van der Waals surface area contributed by atoms with Crippen LogP contribution in [0.2, 0.25) is 0 Å². The van der Waals surface area contributed by atoms with Gasteiger partial charge in [-0.3, -0.25) is 0 Å². The number of rotatable bonds is 6. The van der Waals surface area contributed by atoms with E-state index in [-0.39, 0.29) is 5.25 Å². The third kappa shape index (κ3) is 4.95. The number of nitrogens with zero attached hydrogens (tertiary/aromatic N) is 1. The van der Waals surface area contributed by atoms with Gasteiger partial charge in [0, 0.05) is 28.1 Å². The van der Waals surface area contributed by atoms with Crippen LogP contribution in [0.4, 0.5) is 0 Å². The third-order valence-corrected chi connectivity index (χ3v) is 8.71. The molecule has 1 heterocycles. The Bertz CT molecular complexity index is 1070. The zero-order valence-electron chi connectivity index (χ0n) is 15.7. The first-order valence-corrected chi connectivity index (χ1v) is 12.5. The van der Waals surface area contributed by atoms with Gasteiger partial charge < -0.3 is 0 Å². The third-order valence-electron chi connectivity index (χ3n) is 4.63. The number of hydrogen-bond donors (Lipinski definition) is 0. The summed E-state index contributed by atoms with van der Waals surface area (Å²) in [6.45, 7) is 0.888. The highest BCUT2D eigenvalue weighted by Crippen LogP contribution is 2.37. The van der Waals surface area contributed by atoms with Crippen molar-refractivity contribution in [3.05, 3.63) is 102 Å². The van der Waals surface area contributed by atoms with Crippen molar-refractivity contribution in [3.63, 3.8) is 0 Å². The fourth-order valence-electron chi connectivity index (χ4n) is 3.13. The van der Waals surface area contributed by atoms with Gasteiger partial charge in [-0.15, -0.1) is 11.8 Å². The lowest BCUT2D eigenvalue weighted by Crippen LogP contribution is -2.29. The Hall–Kier alpha value is -1.99. The van der Waals surface area contributed by atoms with Crippen LogP contribution in [0.25, 0.3) is 0 Å². The molecule has 1 aliphatic rings. The predicted molar refractivity (Wildman–Crippen MR) is 122 cm³/mol. The Morgan fingerprint density at radius 2 is 1.34 bits per heavy atom. The van der Waals surface area contributed by atoms with E-state index in [9.17, 15) is 8.42 Å². The molecule has 1 fully saturated rings. The standard InChI is InChI=1S/C23H21NO2S3/c25-29(26,22-14-8-3-9-15-22)24-16-19(18-27-20-10-4-1-5-11-20)23(17-24)28-21-12-6-2-7-13-21/h1-15,18,23H,16-17H2/b19-18-. The molecule has 6 heteroatoms. The molecule has 0 aromatic heterocycles. The van der Waals surface area contributed by atoms with E-state index in [0.717, 1.165) is 15.4 Å². The van der Waals surface area contributed by atoms with Crippen molar-refractivity contribution in [1.29, 1.82) is 0 Å². The second kappa shape index (κ2) is 9.22. The van der Waals surface area contributed by atoms with Gasteiger partial charge >= 0.3 is 0 Å². The molecule has 1 atom stereocenters. The summed E-state index contributed by atoms with van der Waals surface area (Å²) in [5.74, 6) is 0. The average molecular weight is 440 g/mol. The Morgan fingerprint density at radius 1 is 0.793 bits per heavy atom. The summed E-state index contributed by atoms with van der Waals surface area (Å²) in [6.07, 6.45) is 0. The van der Waals surface area contributed by atoms with E-state index in [0.29, 0.717) is 18.0 Å². The summed E-state index contributed by atoms with van der Waals surface area (Å²) in [6, 6.07) is 29.0. The van der Waals surface area contributed by atoms with E-state index in [1.165, 1.54) is 0 Å². The lowest BCUT2D eigenvalue weighted by molar-refractivity contribution is 0.483. The molecule has 0 spiro atoms. The van der Waals surface area contributed by atoms with Crippen LogP contribution in [-0.4, -0.2) is 31.1 Å². The van der Waals surface area contributed by atoms with Gasteiger partial charge in [0.05, 0.1) is 4.90 Å². The van der Waals surface area contributed by atoms with Crippen LogP contribution in [0.5, 0.6) is 0 Å². The Kier molecular flexibility index (Phi) is 6.45.